The smallest absolute Gasteiger partial charge is 0.224 e. The first kappa shape index (κ1) is 15.1. The fourth-order valence-electron chi connectivity index (χ4n) is 2.72. The molecule has 0 spiro atoms. The van der Waals surface area contributed by atoms with Crippen molar-refractivity contribution in [1.82, 2.24) is 9.97 Å². The Morgan fingerprint density at radius 1 is 1.20 bits per heavy atom. The molecule has 0 amide bonds. The summed E-state index contributed by atoms with van der Waals surface area (Å²) in [5.74, 6) is 3.43. The van der Waals surface area contributed by atoms with E-state index in [1.807, 2.05) is 6.20 Å². The van der Waals surface area contributed by atoms with E-state index in [1.54, 1.807) is 0 Å². The Labute approximate surface area is 122 Å². The minimum absolute atomic E-state index is 0.734. The van der Waals surface area contributed by atoms with Gasteiger partial charge in [-0.15, -0.1) is 0 Å². The fourth-order valence-corrected chi connectivity index (χ4v) is 2.72. The van der Waals surface area contributed by atoms with E-state index in [0.717, 1.165) is 48.7 Å². The third-order valence-corrected chi connectivity index (χ3v) is 4.20. The first-order valence-electron chi connectivity index (χ1n) is 8.00. The van der Waals surface area contributed by atoms with Crippen molar-refractivity contribution in [3.63, 3.8) is 0 Å². The van der Waals surface area contributed by atoms with Crippen LogP contribution in [0.4, 0.5) is 11.8 Å². The quantitative estimate of drug-likeness (QED) is 0.828. The summed E-state index contributed by atoms with van der Waals surface area (Å²) in [5.41, 5.74) is 1.12. The Hall–Kier alpha value is -1.32. The molecule has 0 saturated heterocycles. The molecule has 4 nitrogen and oxygen atoms in total. The lowest BCUT2D eigenvalue weighted by Gasteiger charge is -2.26. The second-order valence-electron chi connectivity index (χ2n) is 6.16. The molecule has 2 rings (SSSR count). The lowest BCUT2D eigenvalue weighted by molar-refractivity contribution is 0.300. The topological polar surface area (TPSA) is 49.8 Å². The van der Waals surface area contributed by atoms with Gasteiger partial charge in [0.25, 0.3) is 0 Å². The van der Waals surface area contributed by atoms with Gasteiger partial charge in [0.1, 0.15) is 5.82 Å². The van der Waals surface area contributed by atoms with E-state index in [9.17, 15) is 0 Å². The van der Waals surface area contributed by atoms with Crippen LogP contribution in [0.15, 0.2) is 6.20 Å². The Morgan fingerprint density at radius 2 is 1.95 bits per heavy atom. The molecule has 0 aliphatic heterocycles. The molecule has 112 valence electrons. The van der Waals surface area contributed by atoms with Crippen LogP contribution in [0.3, 0.4) is 0 Å². The molecule has 20 heavy (non-hydrogen) atoms. The van der Waals surface area contributed by atoms with Gasteiger partial charge in [0.2, 0.25) is 5.95 Å². The van der Waals surface area contributed by atoms with Crippen LogP contribution in [-0.2, 0) is 0 Å². The van der Waals surface area contributed by atoms with Crippen LogP contribution < -0.4 is 10.6 Å². The molecule has 0 atom stereocenters. The number of hydrogen-bond acceptors (Lipinski definition) is 4. The zero-order chi connectivity index (χ0) is 14.4. The van der Waals surface area contributed by atoms with Crippen molar-refractivity contribution in [3.05, 3.63) is 11.8 Å². The van der Waals surface area contributed by atoms with Crippen LogP contribution in [0.1, 0.15) is 51.5 Å². The summed E-state index contributed by atoms with van der Waals surface area (Å²) < 4.78 is 0. The van der Waals surface area contributed by atoms with Crippen LogP contribution in [0.2, 0.25) is 0 Å². The summed E-state index contributed by atoms with van der Waals surface area (Å²) in [5, 5.41) is 6.77. The molecule has 1 heterocycles. The zero-order valence-electron chi connectivity index (χ0n) is 13.1. The van der Waals surface area contributed by atoms with E-state index in [1.165, 1.54) is 25.7 Å². The maximum absolute atomic E-state index is 4.58. The van der Waals surface area contributed by atoms with E-state index in [2.05, 4.69) is 41.4 Å². The number of anilines is 2. The second kappa shape index (κ2) is 7.46. The lowest BCUT2D eigenvalue weighted by atomic mass is 9.83. The molecule has 1 aromatic rings. The van der Waals surface area contributed by atoms with Crippen LogP contribution in [0.5, 0.6) is 0 Å². The van der Waals surface area contributed by atoms with Gasteiger partial charge in [-0.3, -0.25) is 0 Å². The number of hydrogen-bond donors (Lipinski definition) is 2. The van der Waals surface area contributed by atoms with Crippen molar-refractivity contribution in [3.8, 4) is 0 Å². The van der Waals surface area contributed by atoms with Gasteiger partial charge in [0.05, 0.1) is 0 Å². The number of aromatic nitrogens is 2. The Balaban J connectivity index is 1.87. The second-order valence-corrected chi connectivity index (χ2v) is 6.16. The summed E-state index contributed by atoms with van der Waals surface area (Å²) in [4.78, 5) is 8.89. The maximum Gasteiger partial charge on any atom is 0.224 e. The molecule has 4 heteroatoms. The molecular weight excluding hydrogens is 248 g/mol. The highest BCUT2D eigenvalue weighted by molar-refractivity contribution is 5.46. The molecular formula is C16H28N4. The SMILES string of the molecule is CCCNc1ncc(C)c(NCC2CCC(C)CC2)n1. The predicted octanol–water partition coefficient (Wildman–Crippen LogP) is 3.85. The van der Waals surface area contributed by atoms with E-state index >= 15 is 0 Å². The van der Waals surface area contributed by atoms with E-state index < -0.39 is 0 Å². The molecule has 0 bridgehead atoms. The maximum atomic E-state index is 4.58. The standard InChI is InChI=1S/C16H28N4/c1-4-9-17-16-19-10-13(3)15(20-16)18-11-14-7-5-12(2)6-8-14/h10,12,14H,4-9,11H2,1-3H3,(H2,17,18,19,20). The summed E-state index contributed by atoms with van der Waals surface area (Å²) >= 11 is 0. The van der Waals surface area contributed by atoms with Gasteiger partial charge in [0, 0.05) is 24.8 Å². The Kier molecular flexibility index (Phi) is 5.62. The average molecular weight is 276 g/mol. The average Bonchev–Trinajstić information content (AvgIpc) is 2.46. The van der Waals surface area contributed by atoms with Crippen LogP contribution >= 0.6 is 0 Å². The number of rotatable bonds is 6. The van der Waals surface area contributed by atoms with Crippen molar-refractivity contribution >= 4 is 11.8 Å². The van der Waals surface area contributed by atoms with E-state index in [4.69, 9.17) is 0 Å². The molecule has 1 aliphatic rings. The molecule has 1 fully saturated rings. The van der Waals surface area contributed by atoms with Gasteiger partial charge in [0.15, 0.2) is 0 Å². The van der Waals surface area contributed by atoms with Gasteiger partial charge in [-0.05, 0) is 38.0 Å². The van der Waals surface area contributed by atoms with Gasteiger partial charge >= 0.3 is 0 Å². The lowest BCUT2D eigenvalue weighted by Crippen LogP contribution is -2.21. The molecule has 0 radical (unpaired) electrons. The first-order valence-corrected chi connectivity index (χ1v) is 8.00. The van der Waals surface area contributed by atoms with Crippen molar-refractivity contribution in [2.24, 2.45) is 11.8 Å². The summed E-state index contributed by atoms with van der Waals surface area (Å²) in [6, 6.07) is 0. The third kappa shape index (κ3) is 4.36. The fraction of sp³-hybridized carbons (Fsp3) is 0.750. The summed E-state index contributed by atoms with van der Waals surface area (Å²) in [7, 11) is 0. The number of nitrogens with one attached hydrogen (secondary N) is 2. The minimum Gasteiger partial charge on any atom is -0.369 e. The van der Waals surface area contributed by atoms with Gasteiger partial charge in [-0.1, -0.05) is 26.7 Å². The number of nitrogens with zero attached hydrogens (tertiary/aromatic N) is 2. The monoisotopic (exact) mass is 276 g/mol. The highest BCUT2D eigenvalue weighted by Gasteiger charge is 2.18. The van der Waals surface area contributed by atoms with Crippen LogP contribution in [0, 0.1) is 18.8 Å². The van der Waals surface area contributed by atoms with E-state index in [0.29, 0.717) is 0 Å². The summed E-state index contributed by atoms with van der Waals surface area (Å²) in [6.07, 6.45) is 8.42. The van der Waals surface area contributed by atoms with Crippen LogP contribution in [0.25, 0.3) is 0 Å². The zero-order valence-corrected chi connectivity index (χ0v) is 13.1. The van der Waals surface area contributed by atoms with Crippen LogP contribution in [-0.4, -0.2) is 23.1 Å². The molecule has 0 unspecified atom stereocenters. The minimum atomic E-state index is 0.734. The van der Waals surface area contributed by atoms with E-state index in [-0.39, 0.29) is 0 Å². The van der Waals surface area contributed by atoms with Crippen molar-refractivity contribution in [2.75, 3.05) is 23.7 Å². The van der Waals surface area contributed by atoms with Gasteiger partial charge < -0.3 is 10.6 Å². The molecule has 0 aromatic carbocycles. The summed E-state index contributed by atoms with van der Waals surface area (Å²) in [6.45, 7) is 8.53. The van der Waals surface area contributed by atoms with Crippen molar-refractivity contribution in [2.45, 2.75) is 52.9 Å². The Morgan fingerprint density at radius 3 is 2.65 bits per heavy atom. The molecule has 2 N–H and O–H groups in total. The van der Waals surface area contributed by atoms with Crippen molar-refractivity contribution in [1.29, 1.82) is 0 Å². The highest BCUT2D eigenvalue weighted by Crippen LogP contribution is 2.28. The predicted molar refractivity (Wildman–Crippen MR) is 85.2 cm³/mol. The number of aryl methyl sites for hydroxylation is 1. The molecule has 1 aliphatic carbocycles. The normalized spacial score (nSPS) is 22.6. The molecule has 1 aromatic heterocycles. The largest absolute Gasteiger partial charge is 0.369 e. The Bertz CT molecular complexity index is 411. The first-order chi connectivity index (χ1) is 9.69. The van der Waals surface area contributed by atoms with Gasteiger partial charge in [-0.25, -0.2) is 4.98 Å². The van der Waals surface area contributed by atoms with Crippen molar-refractivity contribution < 1.29 is 0 Å². The van der Waals surface area contributed by atoms with Gasteiger partial charge in [-0.2, -0.15) is 4.98 Å². The molecule has 1 saturated carbocycles. The third-order valence-electron chi connectivity index (χ3n) is 4.20. The highest BCUT2D eigenvalue weighted by atomic mass is 15.1.